The van der Waals surface area contributed by atoms with Gasteiger partial charge in [0.2, 0.25) is 0 Å². The zero-order valence-electron chi connectivity index (χ0n) is 12.3. The fraction of sp³-hybridized carbons (Fsp3) is 0.600. The number of para-hydroxylation sites is 1. The van der Waals surface area contributed by atoms with E-state index in [9.17, 15) is 0 Å². The molecule has 4 N–H and O–H groups in total. The summed E-state index contributed by atoms with van der Waals surface area (Å²) in [5.74, 6) is 1.12. The van der Waals surface area contributed by atoms with Gasteiger partial charge in [-0.05, 0) is 38.3 Å². The van der Waals surface area contributed by atoms with Gasteiger partial charge in [-0.15, -0.1) is 0 Å². The van der Waals surface area contributed by atoms with Crippen molar-refractivity contribution in [2.45, 2.75) is 46.3 Å². The number of aliphatic hydroxyl groups excluding tert-OH is 1. The van der Waals surface area contributed by atoms with E-state index in [1.807, 2.05) is 32.0 Å². The van der Waals surface area contributed by atoms with Crippen LogP contribution in [-0.4, -0.2) is 23.9 Å². The topological polar surface area (TPSA) is 67.5 Å². The van der Waals surface area contributed by atoms with E-state index in [4.69, 9.17) is 15.6 Å². The molecule has 108 valence electrons. The minimum absolute atomic E-state index is 0.0934. The fourth-order valence-corrected chi connectivity index (χ4v) is 1.94. The zero-order valence-corrected chi connectivity index (χ0v) is 12.3. The van der Waals surface area contributed by atoms with Gasteiger partial charge in [0, 0.05) is 12.6 Å². The minimum atomic E-state index is 0.0934. The van der Waals surface area contributed by atoms with Gasteiger partial charge in [-0.25, -0.2) is 0 Å². The molecule has 0 heterocycles. The Labute approximate surface area is 116 Å². The lowest BCUT2D eigenvalue weighted by Gasteiger charge is -2.24. The molecule has 1 unspecified atom stereocenters. The minimum Gasteiger partial charge on any atom is -0.489 e. The molecule has 0 bridgehead atoms. The molecule has 19 heavy (non-hydrogen) atoms. The first-order valence-corrected chi connectivity index (χ1v) is 6.88. The summed E-state index contributed by atoms with van der Waals surface area (Å²) >= 11 is 0. The molecule has 1 rings (SSSR count). The lowest BCUT2D eigenvalue weighted by atomic mass is 10.0. The Bertz CT molecular complexity index is 392. The number of rotatable bonds is 7. The third-order valence-electron chi connectivity index (χ3n) is 3.01. The molecule has 0 spiro atoms. The first-order valence-electron chi connectivity index (χ1n) is 6.88. The molecule has 0 saturated carbocycles. The number of nitrogens with one attached hydrogen (secondary N) is 1. The van der Waals surface area contributed by atoms with Gasteiger partial charge in [-0.2, -0.15) is 0 Å². The average molecular weight is 266 g/mol. The molecule has 4 heteroatoms. The average Bonchev–Trinajstić information content (AvgIpc) is 2.32. The normalized spacial score (nSPS) is 12.8. The number of aliphatic hydroxyl groups is 1. The van der Waals surface area contributed by atoms with Crippen LogP contribution in [0.15, 0.2) is 18.2 Å². The number of nitrogens with two attached hydrogens (primary N) is 1. The number of anilines is 2. The summed E-state index contributed by atoms with van der Waals surface area (Å²) in [7, 11) is 0. The molecular weight excluding hydrogens is 240 g/mol. The summed E-state index contributed by atoms with van der Waals surface area (Å²) in [6.07, 6.45) is 0.794. The summed E-state index contributed by atoms with van der Waals surface area (Å²) in [6, 6.07) is 5.93. The zero-order chi connectivity index (χ0) is 14.4. The SMILES string of the molecule is CC(C)Oc1cccc(NC(CCO)C(C)C)c1N. The fourth-order valence-electron chi connectivity index (χ4n) is 1.94. The van der Waals surface area contributed by atoms with Crippen LogP contribution in [0.2, 0.25) is 0 Å². The third-order valence-corrected chi connectivity index (χ3v) is 3.01. The van der Waals surface area contributed by atoms with Crippen molar-refractivity contribution in [1.29, 1.82) is 0 Å². The van der Waals surface area contributed by atoms with Crippen molar-refractivity contribution < 1.29 is 9.84 Å². The first-order chi connectivity index (χ1) is 8.95. The third kappa shape index (κ3) is 4.63. The van der Waals surface area contributed by atoms with Crippen molar-refractivity contribution in [2.24, 2.45) is 5.92 Å². The Kier molecular flexibility index (Phi) is 5.96. The number of ether oxygens (including phenoxy) is 1. The quantitative estimate of drug-likeness (QED) is 0.664. The molecule has 1 aromatic rings. The predicted molar refractivity (Wildman–Crippen MR) is 80.6 cm³/mol. The van der Waals surface area contributed by atoms with Gasteiger partial charge in [0.15, 0.2) is 0 Å². The van der Waals surface area contributed by atoms with Crippen LogP contribution in [0, 0.1) is 5.92 Å². The van der Waals surface area contributed by atoms with Crippen LogP contribution in [-0.2, 0) is 0 Å². The second kappa shape index (κ2) is 7.24. The molecule has 0 fully saturated rings. The Morgan fingerprint density at radius 1 is 1.26 bits per heavy atom. The smallest absolute Gasteiger partial charge is 0.144 e. The van der Waals surface area contributed by atoms with Crippen LogP contribution >= 0.6 is 0 Å². The Morgan fingerprint density at radius 2 is 1.95 bits per heavy atom. The van der Waals surface area contributed by atoms with Crippen molar-refractivity contribution in [3.05, 3.63) is 18.2 Å². The molecule has 0 aliphatic rings. The van der Waals surface area contributed by atoms with Gasteiger partial charge in [-0.3, -0.25) is 0 Å². The highest BCUT2D eigenvalue weighted by molar-refractivity contribution is 5.73. The van der Waals surface area contributed by atoms with Crippen molar-refractivity contribution in [3.63, 3.8) is 0 Å². The van der Waals surface area contributed by atoms with E-state index in [1.165, 1.54) is 0 Å². The molecule has 0 radical (unpaired) electrons. The van der Waals surface area contributed by atoms with Crippen molar-refractivity contribution in [3.8, 4) is 5.75 Å². The summed E-state index contributed by atoms with van der Waals surface area (Å²) in [5.41, 5.74) is 7.62. The Morgan fingerprint density at radius 3 is 2.47 bits per heavy atom. The summed E-state index contributed by atoms with van der Waals surface area (Å²) in [6.45, 7) is 8.36. The largest absolute Gasteiger partial charge is 0.489 e. The van der Waals surface area contributed by atoms with Gasteiger partial charge >= 0.3 is 0 Å². The number of hydrogen-bond donors (Lipinski definition) is 3. The predicted octanol–water partition coefficient (Wildman–Crippen LogP) is 2.87. The van der Waals surface area contributed by atoms with Crippen LogP contribution < -0.4 is 15.8 Å². The van der Waals surface area contributed by atoms with Gasteiger partial charge in [0.1, 0.15) is 5.75 Å². The molecule has 4 nitrogen and oxygen atoms in total. The highest BCUT2D eigenvalue weighted by atomic mass is 16.5. The summed E-state index contributed by atoms with van der Waals surface area (Å²) < 4.78 is 5.67. The van der Waals surface area contributed by atoms with Crippen LogP contribution in [0.25, 0.3) is 0 Å². The number of nitrogen functional groups attached to an aromatic ring is 1. The molecule has 0 amide bonds. The maximum absolute atomic E-state index is 9.11. The second-order valence-electron chi connectivity index (χ2n) is 5.39. The van der Waals surface area contributed by atoms with Crippen molar-refractivity contribution >= 4 is 11.4 Å². The van der Waals surface area contributed by atoms with E-state index in [2.05, 4.69) is 19.2 Å². The number of hydrogen-bond acceptors (Lipinski definition) is 4. The number of benzene rings is 1. The van der Waals surface area contributed by atoms with Crippen LogP contribution in [0.1, 0.15) is 34.1 Å². The molecule has 0 aliphatic carbocycles. The standard InChI is InChI=1S/C15H26N2O2/c1-10(2)12(8-9-18)17-13-6-5-7-14(15(13)16)19-11(3)4/h5-7,10-12,17-18H,8-9,16H2,1-4H3. The van der Waals surface area contributed by atoms with Gasteiger partial charge in [0.05, 0.1) is 17.5 Å². The van der Waals surface area contributed by atoms with Gasteiger partial charge in [0.25, 0.3) is 0 Å². The van der Waals surface area contributed by atoms with Crippen molar-refractivity contribution in [2.75, 3.05) is 17.7 Å². The van der Waals surface area contributed by atoms with E-state index in [-0.39, 0.29) is 18.8 Å². The first kappa shape index (κ1) is 15.6. The van der Waals surface area contributed by atoms with Gasteiger partial charge in [-0.1, -0.05) is 19.9 Å². The molecule has 0 saturated heterocycles. The molecular formula is C15H26N2O2. The second-order valence-corrected chi connectivity index (χ2v) is 5.39. The molecule has 1 aromatic carbocycles. The van der Waals surface area contributed by atoms with E-state index >= 15 is 0 Å². The molecule has 0 aliphatic heterocycles. The van der Waals surface area contributed by atoms with E-state index < -0.39 is 0 Å². The summed E-state index contributed by atoms with van der Waals surface area (Å²) in [5, 5.41) is 12.5. The Balaban J connectivity index is 2.88. The summed E-state index contributed by atoms with van der Waals surface area (Å²) in [4.78, 5) is 0. The molecule has 1 atom stereocenters. The maximum atomic E-state index is 9.11. The van der Waals surface area contributed by atoms with Crippen LogP contribution in [0.5, 0.6) is 5.75 Å². The van der Waals surface area contributed by atoms with Crippen molar-refractivity contribution in [1.82, 2.24) is 0 Å². The highest BCUT2D eigenvalue weighted by Crippen LogP contribution is 2.31. The van der Waals surface area contributed by atoms with Crippen LogP contribution in [0.4, 0.5) is 11.4 Å². The van der Waals surface area contributed by atoms with E-state index in [0.29, 0.717) is 23.8 Å². The van der Waals surface area contributed by atoms with Gasteiger partial charge < -0.3 is 20.9 Å². The van der Waals surface area contributed by atoms with E-state index in [1.54, 1.807) is 0 Å². The van der Waals surface area contributed by atoms with E-state index in [0.717, 1.165) is 5.69 Å². The van der Waals surface area contributed by atoms with Crippen LogP contribution in [0.3, 0.4) is 0 Å². The lowest BCUT2D eigenvalue weighted by Crippen LogP contribution is -2.27. The Hall–Kier alpha value is -1.42. The highest BCUT2D eigenvalue weighted by Gasteiger charge is 2.15. The maximum Gasteiger partial charge on any atom is 0.144 e. The monoisotopic (exact) mass is 266 g/mol. The lowest BCUT2D eigenvalue weighted by molar-refractivity contribution is 0.244. The molecule has 0 aromatic heterocycles.